The van der Waals surface area contributed by atoms with Gasteiger partial charge < -0.3 is 38.5 Å². The standard InChI is InChI=1S/C32H47N6O8P/c1-4-7-20-44-32(41)38-16-14-37(15-17-38)31(40)26(13-23-47(42,45-5-2)46-6-3)34-30(39)27-24-28(36-18-21-43-22-19-36)35-29(33-27)25-11-9-8-10-12-25/h8-12,24,26H,4-7,13-23H2,1-3H3,(H,34,39)/t26-/m0/s1. The number of ether oxygens (including phenoxy) is 2. The minimum atomic E-state index is -3.51. The lowest BCUT2D eigenvalue weighted by atomic mass is 10.1. The van der Waals surface area contributed by atoms with E-state index in [1.807, 2.05) is 42.2 Å². The van der Waals surface area contributed by atoms with Crippen LogP contribution in [-0.2, 0) is 27.9 Å². The van der Waals surface area contributed by atoms with Crippen LogP contribution in [0.25, 0.3) is 11.4 Å². The highest BCUT2D eigenvalue weighted by molar-refractivity contribution is 7.53. The van der Waals surface area contributed by atoms with E-state index in [2.05, 4.69) is 10.3 Å². The van der Waals surface area contributed by atoms with Crippen LogP contribution in [0.1, 0.15) is 50.5 Å². The maximum atomic E-state index is 13.9. The molecular weight excluding hydrogens is 627 g/mol. The number of unbranched alkanes of at least 4 members (excludes halogenated alkanes) is 1. The molecule has 2 aliphatic heterocycles. The molecule has 15 heteroatoms. The van der Waals surface area contributed by atoms with Gasteiger partial charge in [-0.25, -0.2) is 14.8 Å². The fourth-order valence-corrected chi connectivity index (χ4v) is 6.98. The zero-order valence-corrected chi connectivity index (χ0v) is 28.5. The van der Waals surface area contributed by atoms with E-state index in [1.54, 1.807) is 29.7 Å². The van der Waals surface area contributed by atoms with Crippen molar-refractivity contribution >= 4 is 31.3 Å². The predicted molar refractivity (Wildman–Crippen MR) is 177 cm³/mol. The van der Waals surface area contributed by atoms with Gasteiger partial charge in [0.15, 0.2) is 5.82 Å². The summed E-state index contributed by atoms with van der Waals surface area (Å²) in [7, 11) is -3.51. The minimum Gasteiger partial charge on any atom is -0.449 e. The lowest BCUT2D eigenvalue weighted by Gasteiger charge is -2.36. The van der Waals surface area contributed by atoms with Gasteiger partial charge in [-0.2, -0.15) is 0 Å². The van der Waals surface area contributed by atoms with E-state index in [4.69, 9.17) is 23.5 Å². The Bertz CT molecular complexity index is 1360. The molecule has 3 amide bonds. The van der Waals surface area contributed by atoms with Crippen LogP contribution in [0.15, 0.2) is 36.4 Å². The second kappa shape index (κ2) is 18.1. The Morgan fingerprint density at radius 2 is 1.60 bits per heavy atom. The number of morpholine rings is 1. The normalized spacial score (nSPS) is 16.1. The van der Waals surface area contributed by atoms with Gasteiger partial charge in [-0.3, -0.25) is 14.2 Å². The summed E-state index contributed by atoms with van der Waals surface area (Å²) in [5.74, 6) is 0.0249. The summed E-state index contributed by atoms with van der Waals surface area (Å²) in [6.07, 6.45) is 1.23. The van der Waals surface area contributed by atoms with Gasteiger partial charge in [-0.05, 0) is 26.7 Å². The van der Waals surface area contributed by atoms with E-state index >= 15 is 0 Å². The second-order valence-electron chi connectivity index (χ2n) is 11.2. The molecule has 258 valence electrons. The van der Waals surface area contributed by atoms with Crippen molar-refractivity contribution in [2.75, 3.05) is 83.4 Å². The summed E-state index contributed by atoms with van der Waals surface area (Å²) in [6.45, 7) is 9.54. The van der Waals surface area contributed by atoms with Crippen LogP contribution in [0.5, 0.6) is 0 Å². The topological polar surface area (TPSA) is 153 Å². The van der Waals surface area contributed by atoms with Gasteiger partial charge in [-0.15, -0.1) is 0 Å². The van der Waals surface area contributed by atoms with E-state index in [1.165, 1.54) is 0 Å². The molecule has 2 fully saturated rings. The summed E-state index contributed by atoms with van der Waals surface area (Å²) >= 11 is 0. The smallest absolute Gasteiger partial charge is 0.409 e. The van der Waals surface area contributed by atoms with Gasteiger partial charge >= 0.3 is 13.7 Å². The maximum absolute atomic E-state index is 13.9. The number of rotatable bonds is 15. The van der Waals surface area contributed by atoms with Crippen molar-refractivity contribution in [1.29, 1.82) is 0 Å². The third-order valence-corrected chi connectivity index (χ3v) is 9.94. The summed E-state index contributed by atoms with van der Waals surface area (Å²) in [4.78, 5) is 54.8. The average molecular weight is 675 g/mol. The molecule has 1 aromatic heterocycles. The summed E-state index contributed by atoms with van der Waals surface area (Å²) in [5, 5.41) is 2.86. The lowest BCUT2D eigenvalue weighted by Crippen LogP contribution is -2.56. The molecule has 14 nitrogen and oxygen atoms in total. The molecular formula is C32H47N6O8P. The molecule has 47 heavy (non-hydrogen) atoms. The van der Waals surface area contributed by atoms with Gasteiger partial charge in [0, 0.05) is 50.9 Å². The zero-order valence-electron chi connectivity index (χ0n) is 27.6. The highest BCUT2D eigenvalue weighted by Crippen LogP contribution is 2.48. The molecule has 1 atom stereocenters. The van der Waals surface area contributed by atoms with Crippen molar-refractivity contribution < 1.29 is 37.5 Å². The molecule has 4 rings (SSSR count). The monoisotopic (exact) mass is 674 g/mol. The number of carbonyl (C=O) groups is 3. The Hall–Kier alpha value is -3.58. The molecule has 0 unspecified atom stereocenters. The maximum Gasteiger partial charge on any atom is 0.409 e. The molecule has 0 saturated carbocycles. The quantitative estimate of drug-likeness (QED) is 0.217. The number of amides is 3. The highest BCUT2D eigenvalue weighted by Gasteiger charge is 2.34. The van der Waals surface area contributed by atoms with E-state index < -0.39 is 25.6 Å². The zero-order chi connectivity index (χ0) is 33.6. The van der Waals surface area contributed by atoms with E-state index in [0.717, 1.165) is 18.4 Å². The number of nitrogens with zero attached hydrogens (tertiary/aromatic N) is 5. The van der Waals surface area contributed by atoms with Gasteiger partial charge in [0.25, 0.3) is 5.91 Å². The number of aromatic nitrogens is 2. The van der Waals surface area contributed by atoms with Gasteiger partial charge in [0.2, 0.25) is 5.91 Å². The van der Waals surface area contributed by atoms with E-state index in [9.17, 15) is 18.9 Å². The summed E-state index contributed by atoms with van der Waals surface area (Å²) < 4.78 is 35.1. The fourth-order valence-electron chi connectivity index (χ4n) is 5.28. The fraction of sp³-hybridized carbons (Fsp3) is 0.594. The van der Waals surface area contributed by atoms with Crippen molar-refractivity contribution in [3.63, 3.8) is 0 Å². The van der Waals surface area contributed by atoms with Gasteiger partial charge in [-0.1, -0.05) is 43.7 Å². The first kappa shape index (κ1) is 36.3. The number of anilines is 1. The van der Waals surface area contributed by atoms with Crippen molar-refractivity contribution in [3.05, 3.63) is 42.1 Å². The summed E-state index contributed by atoms with van der Waals surface area (Å²) in [6, 6.07) is 9.92. The summed E-state index contributed by atoms with van der Waals surface area (Å²) in [5.41, 5.74) is 0.834. The molecule has 0 radical (unpaired) electrons. The van der Waals surface area contributed by atoms with Crippen LogP contribution in [0.2, 0.25) is 0 Å². The van der Waals surface area contributed by atoms with Crippen LogP contribution in [-0.4, -0.2) is 122 Å². The molecule has 1 N–H and O–H groups in total. The SMILES string of the molecule is CCCCOC(=O)N1CCN(C(=O)[C@H](CCP(=O)(OCC)OCC)NC(=O)c2cc(N3CCOCC3)nc(-c3ccccc3)n2)CC1. The first-order chi connectivity index (χ1) is 22.8. The van der Waals surface area contributed by atoms with Crippen LogP contribution in [0, 0.1) is 0 Å². The first-order valence-electron chi connectivity index (χ1n) is 16.4. The van der Waals surface area contributed by atoms with Gasteiger partial charge in [0.1, 0.15) is 17.6 Å². The van der Waals surface area contributed by atoms with Crippen molar-refractivity contribution in [3.8, 4) is 11.4 Å². The third kappa shape index (κ3) is 10.5. The minimum absolute atomic E-state index is 0.00801. The highest BCUT2D eigenvalue weighted by atomic mass is 31.2. The Balaban J connectivity index is 1.55. The Morgan fingerprint density at radius 3 is 2.23 bits per heavy atom. The largest absolute Gasteiger partial charge is 0.449 e. The van der Waals surface area contributed by atoms with Crippen LogP contribution in [0.3, 0.4) is 0 Å². The lowest BCUT2D eigenvalue weighted by molar-refractivity contribution is -0.134. The average Bonchev–Trinajstić information content (AvgIpc) is 3.10. The van der Waals surface area contributed by atoms with Crippen LogP contribution >= 0.6 is 7.60 Å². The number of hydrogen-bond acceptors (Lipinski definition) is 11. The molecule has 0 spiro atoms. The van der Waals surface area contributed by atoms with E-state index in [-0.39, 0.29) is 50.5 Å². The van der Waals surface area contributed by atoms with Crippen molar-refractivity contribution in [2.45, 2.75) is 46.1 Å². The van der Waals surface area contributed by atoms with Crippen LogP contribution < -0.4 is 10.2 Å². The van der Waals surface area contributed by atoms with Crippen molar-refractivity contribution in [1.82, 2.24) is 25.1 Å². The Kier molecular flexibility index (Phi) is 14.0. The number of benzene rings is 1. The number of nitrogens with one attached hydrogen (secondary N) is 1. The van der Waals surface area contributed by atoms with E-state index in [0.29, 0.717) is 57.6 Å². The molecule has 2 aliphatic rings. The Morgan fingerprint density at radius 1 is 0.936 bits per heavy atom. The Labute approximate surface area is 276 Å². The van der Waals surface area contributed by atoms with Crippen LogP contribution in [0.4, 0.5) is 10.6 Å². The molecule has 0 bridgehead atoms. The molecule has 2 aromatic rings. The molecule has 0 aliphatic carbocycles. The molecule has 2 saturated heterocycles. The molecule has 3 heterocycles. The molecule has 1 aromatic carbocycles. The van der Waals surface area contributed by atoms with Gasteiger partial charge in [0.05, 0.1) is 39.2 Å². The third-order valence-electron chi connectivity index (χ3n) is 7.83. The number of piperazine rings is 1. The number of carbonyl (C=O) groups excluding carboxylic acids is 3. The van der Waals surface area contributed by atoms with Crippen molar-refractivity contribution in [2.24, 2.45) is 0 Å². The predicted octanol–water partition coefficient (Wildman–Crippen LogP) is 3.82. The number of hydrogen-bond donors (Lipinski definition) is 1. The second-order valence-corrected chi connectivity index (χ2v) is 13.4. The first-order valence-corrected chi connectivity index (χ1v) is 18.2.